The van der Waals surface area contributed by atoms with Gasteiger partial charge in [0.15, 0.2) is 5.82 Å². The lowest BCUT2D eigenvalue weighted by atomic mass is 9.93. The average molecular weight is 241 g/mol. The molecule has 1 aromatic rings. The van der Waals surface area contributed by atoms with E-state index < -0.39 is 5.54 Å². The van der Waals surface area contributed by atoms with Crippen LogP contribution in [-0.2, 0) is 16.7 Å². The predicted octanol–water partition coefficient (Wildman–Crippen LogP) is 2.01. The molecule has 17 heavy (non-hydrogen) atoms. The smallest absolute Gasteiger partial charge is 0.226 e. The highest BCUT2D eigenvalue weighted by molar-refractivity contribution is 5.03. The molecule has 0 aliphatic carbocycles. The lowest BCUT2D eigenvalue weighted by Gasteiger charge is -2.21. The Balaban J connectivity index is 2.65. The Kier molecular flexibility index (Phi) is 5.08. The van der Waals surface area contributed by atoms with Crippen molar-refractivity contribution in [2.24, 2.45) is 5.73 Å². The average Bonchev–Trinajstić information content (AvgIpc) is 2.84. The molecule has 0 aromatic carbocycles. The topological polar surface area (TPSA) is 74.2 Å². The van der Waals surface area contributed by atoms with Crippen LogP contribution in [0.1, 0.15) is 51.7 Å². The molecule has 0 fully saturated rings. The van der Waals surface area contributed by atoms with Crippen molar-refractivity contribution >= 4 is 0 Å². The molecule has 0 amide bonds. The number of hydrogen-bond donors (Lipinski definition) is 1. The van der Waals surface area contributed by atoms with Gasteiger partial charge in [-0.1, -0.05) is 19.0 Å². The van der Waals surface area contributed by atoms with E-state index in [9.17, 15) is 0 Å². The molecule has 0 spiro atoms. The molecule has 1 unspecified atom stereocenters. The fourth-order valence-electron chi connectivity index (χ4n) is 1.57. The second kappa shape index (κ2) is 6.12. The van der Waals surface area contributed by atoms with Gasteiger partial charge in [0.25, 0.3) is 0 Å². The molecule has 0 aliphatic heterocycles. The van der Waals surface area contributed by atoms with Crippen molar-refractivity contribution in [2.75, 3.05) is 7.11 Å². The first-order valence-corrected chi connectivity index (χ1v) is 6.20. The van der Waals surface area contributed by atoms with Crippen LogP contribution in [0.4, 0.5) is 0 Å². The molecule has 1 aromatic heterocycles. The summed E-state index contributed by atoms with van der Waals surface area (Å²) in [7, 11) is 1.70. The summed E-state index contributed by atoms with van der Waals surface area (Å²) in [6.07, 6.45) is 3.40. The van der Waals surface area contributed by atoms with E-state index in [2.05, 4.69) is 10.1 Å². The highest BCUT2D eigenvalue weighted by atomic mass is 16.5. The van der Waals surface area contributed by atoms with Gasteiger partial charge in [-0.15, -0.1) is 0 Å². The van der Waals surface area contributed by atoms with Crippen molar-refractivity contribution in [3.05, 3.63) is 11.7 Å². The molecule has 0 saturated carbocycles. The second-order valence-corrected chi connectivity index (χ2v) is 4.46. The summed E-state index contributed by atoms with van der Waals surface area (Å²) >= 11 is 0. The summed E-state index contributed by atoms with van der Waals surface area (Å²) in [5.74, 6) is 1.25. The lowest BCUT2D eigenvalue weighted by molar-refractivity contribution is 0.109. The molecule has 1 atom stereocenters. The Morgan fingerprint density at radius 3 is 2.59 bits per heavy atom. The molecule has 0 bridgehead atoms. The fraction of sp³-hybridized carbons (Fsp3) is 0.833. The molecule has 1 rings (SSSR count). The standard InChI is InChI=1S/C12H23N3O2/c1-5-12(13,6-2)11-14-10(17-15-11)8-7-9(3)16-4/h9H,5-8,13H2,1-4H3. The van der Waals surface area contributed by atoms with E-state index in [-0.39, 0.29) is 6.10 Å². The molecule has 5 heteroatoms. The van der Waals surface area contributed by atoms with E-state index in [0.717, 1.165) is 25.7 Å². The van der Waals surface area contributed by atoms with Crippen LogP contribution in [0.15, 0.2) is 4.52 Å². The van der Waals surface area contributed by atoms with Gasteiger partial charge in [-0.3, -0.25) is 0 Å². The maximum atomic E-state index is 6.20. The highest BCUT2D eigenvalue weighted by Gasteiger charge is 2.28. The zero-order valence-corrected chi connectivity index (χ0v) is 11.2. The molecule has 5 nitrogen and oxygen atoms in total. The van der Waals surface area contributed by atoms with E-state index in [1.54, 1.807) is 7.11 Å². The predicted molar refractivity (Wildman–Crippen MR) is 65.5 cm³/mol. The number of methoxy groups -OCH3 is 1. The van der Waals surface area contributed by atoms with Gasteiger partial charge in [-0.05, 0) is 26.2 Å². The zero-order valence-electron chi connectivity index (χ0n) is 11.2. The minimum absolute atomic E-state index is 0.199. The van der Waals surface area contributed by atoms with E-state index >= 15 is 0 Å². The molecule has 98 valence electrons. The van der Waals surface area contributed by atoms with Crippen LogP contribution in [0.2, 0.25) is 0 Å². The Morgan fingerprint density at radius 2 is 2.06 bits per heavy atom. The first-order chi connectivity index (χ1) is 8.05. The summed E-state index contributed by atoms with van der Waals surface area (Å²) in [5.41, 5.74) is 5.74. The number of nitrogens with two attached hydrogens (primary N) is 1. The third kappa shape index (κ3) is 3.51. The largest absolute Gasteiger partial charge is 0.382 e. The number of aromatic nitrogens is 2. The van der Waals surface area contributed by atoms with Crippen LogP contribution in [0, 0.1) is 0 Å². The third-order valence-electron chi connectivity index (χ3n) is 3.34. The van der Waals surface area contributed by atoms with Gasteiger partial charge in [0.05, 0.1) is 11.6 Å². The number of hydrogen-bond acceptors (Lipinski definition) is 5. The van der Waals surface area contributed by atoms with Crippen LogP contribution < -0.4 is 5.73 Å². The summed E-state index contributed by atoms with van der Waals surface area (Å²) in [5, 5.41) is 3.98. The third-order valence-corrected chi connectivity index (χ3v) is 3.34. The van der Waals surface area contributed by atoms with Gasteiger partial charge in [-0.2, -0.15) is 4.98 Å². The van der Waals surface area contributed by atoms with E-state index in [0.29, 0.717) is 11.7 Å². The fourth-order valence-corrected chi connectivity index (χ4v) is 1.57. The van der Waals surface area contributed by atoms with Gasteiger partial charge in [0.2, 0.25) is 5.89 Å². The van der Waals surface area contributed by atoms with E-state index in [4.69, 9.17) is 15.0 Å². The number of nitrogens with zero attached hydrogens (tertiary/aromatic N) is 2. The first kappa shape index (κ1) is 14.1. The summed E-state index contributed by atoms with van der Waals surface area (Å²) in [6, 6.07) is 0. The minimum Gasteiger partial charge on any atom is -0.382 e. The van der Waals surface area contributed by atoms with E-state index in [1.807, 2.05) is 20.8 Å². The van der Waals surface area contributed by atoms with Crippen LogP contribution in [0.3, 0.4) is 0 Å². The summed E-state index contributed by atoms with van der Waals surface area (Å²) in [6.45, 7) is 6.08. The number of rotatable bonds is 7. The summed E-state index contributed by atoms with van der Waals surface area (Å²) in [4.78, 5) is 4.37. The Bertz CT molecular complexity index is 334. The van der Waals surface area contributed by atoms with Crippen molar-refractivity contribution in [3.63, 3.8) is 0 Å². The molecular formula is C12H23N3O2. The Labute approximate surface area is 103 Å². The highest BCUT2D eigenvalue weighted by Crippen LogP contribution is 2.23. The summed E-state index contributed by atoms with van der Waals surface area (Å²) < 4.78 is 10.4. The van der Waals surface area contributed by atoms with Crippen molar-refractivity contribution < 1.29 is 9.26 Å². The number of ether oxygens (including phenoxy) is 1. The molecule has 0 saturated heterocycles. The van der Waals surface area contributed by atoms with Crippen molar-refractivity contribution in [2.45, 2.75) is 58.1 Å². The maximum Gasteiger partial charge on any atom is 0.226 e. The van der Waals surface area contributed by atoms with Crippen LogP contribution in [0.25, 0.3) is 0 Å². The van der Waals surface area contributed by atoms with Crippen LogP contribution >= 0.6 is 0 Å². The monoisotopic (exact) mass is 241 g/mol. The van der Waals surface area contributed by atoms with Crippen LogP contribution in [0.5, 0.6) is 0 Å². The van der Waals surface area contributed by atoms with Crippen LogP contribution in [-0.4, -0.2) is 23.4 Å². The maximum absolute atomic E-state index is 6.20. The van der Waals surface area contributed by atoms with Crippen molar-refractivity contribution in [1.82, 2.24) is 10.1 Å². The zero-order chi connectivity index (χ0) is 12.9. The van der Waals surface area contributed by atoms with Gasteiger partial charge in [-0.25, -0.2) is 0 Å². The van der Waals surface area contributed by atoms with Gasteiger partial charge in [0, 0.05) is 13.5 Å². The molecule has 0 radical (unpaired) electrons. The molecule has 0 aliphatic rings. The first-order valence-electron chi connectivity index (χ1n) is 6.20. The molecule has 1 heterocycles. The Morgan fingerprint density at radius 1 is 1.41 bits per heavy atom. The van der Waals surface area contributed by atoms with Crippen molar-refractivity contribution in [1.29, 1.82) is 0 Å². The second-order valence-electron chi connectivity index (χ2n) is 4.46. The Hall–Kier alpha value is -0.940. The SMILES string of the molecule is CCC(N)(CC)c1noc(CCC(C)OC)n1. The van der Waals surface area contributed by atoms with E-state index in [1.165, 1.54) is 0 Å². The van der Waals surface area contributed by atoms with Gasteiger partial charge < -0.3 is 15.0 Å². The van der Waals surface area contributed by atoms with Crippen molar-refractivity contribution in [3.8, 4) is 0 Å². The molecule has 2 N–H and O–H groups in total. The van der Waals surface area contributed by atoms with Gasteiger partial charge >= 0.3 is 0 Å². The number of aryl methyl sites for hydroxylation is 1. The van der Waals surface area contributed by atoms with Gasteiger partial charge in [0.1, 0.15) is 0 Å². The normalized spacial score (nSPS) is 13.9. The lowest BCUT2D eigenvalue weighted by Crippen LogP contribution is -2.36. The quantitative estimate of drug-likeness (QED) is 0.790. The minimum atomic E-state index is -0.464. The molecular weight excluding hydrogens is 218 g/mol.